The van der Waals surface area contributed by atoms with Crippen LogP contribution in [0.25, 0.3) is 0 Å². The molecular formula is C10H17NO6. The predicted molar refractivity (Wildman–Crippen MR) is 57.9 cm³/mol. The molecule has 0 radical (unpaired) electrons. The molecule has 0 heterocycles. The minimum Gasteiger partial charge on any atom is -0.469 e. The number of ether oxygens (including phenoxy) is 2. The fourth-order valence-electron chi connectivity index (χ4n) is 1.04. The van der Waals surface area contributed by atoms with Gasteiger partial charge < -0.3 is 9.47 Å². The van der Waals surface area contributed by atoms with Gasteiger partial charge in [-0.2, -0.15) is 0 Å². The highest BCUT2D eigenvalue weighted by atomic mass is 16.6. The number of carbonyl (C=O) groups is 2. The van der Waals surface area contributed by atoms with Gasteiger partial charge in [-0.05, 0) is 20.8 Å². The van der Waals surface area contributed by atoms with Crippen LogP contribution in [0.1, 0.15) is 33.6 Å². The molecule has 0 aromatic rings. The molecule has 7 nitrogen and oxygen atoms in total. The first-order chi connectivity index (χ1) is 7.67. The average molecular weight is 247 g/mol. The van der Waals surface area contributed by atoms with Crippen molar-refractivity contribution in [3.63, 3.8) is 0 Å². The van der Waals surface area contributed by atoms with Gasteiger partial charge in [-0.15, -0.1) is 0 Å². The third-order valence-corrected chi connectivity index (χ3v) is 1.78. The number of hydrogen-bond donors (Lipinski definition) is 0. The maximum absolute atomic E-state index is 11.5. The van der Waals surface area contributed by atoms with Crippen LogP contribution < -0.4 is 0 Å². The van der Waals surface area contributed by atoms with Crippen LogP contribution in [0.5, 0.6) is 0 Å². The molecule has 0 bridgehead atoms. The molecule has 0 saturated heterocycles. The van der Waals surface area contributed by atoms with Crippen molar-refractivity contribution in [3.8, 4) is 0 Å². The monoisotopic (exact) mass is 247 g/mol. The Balaban J connectivity index is 4.48. The van der Waals surface area contributed by atoms with Gasteiger partial charge in [-0.3, -0.25) is 14.9 Å². The first kappa shape index (κ1) is 15.3. The van der Waals surface area contributed by atoms with Crippen molar-refractivity contribution in [3.05, 3.63) is 10.1 Å². The normalized spacial score (nSPS) is 12.7. The second kappa shape index (κ2) is 6.17. The SMILES string of the molecule is COC(=O)CCC(C(=O)OC(C)(C)C)[N+](=O)[O-]. The fourth-order valence-corrected chi connectivity index (χ4v) is 1.04. The minimum atomic E-state index is -1.53. The zero-order valence-electron chi connectivity index (χ0n) is 10.4. The van der Waals surface area contributed by atoms with E-state index in [0.29, 0.717) is 0 Å². The van der Waals surface area contributed by atoms with Gasteiger partial charge in [0.1, 0.15) is 5.60 Å². The second-order valence-corrected chi connectivity index (χ2v) is 4.45. The third kappa shape index (κ3) is 6.49. The van der Waals surface area contributed by atoms with Gasteiger partial charge in [0.2, 0.25) is 0 Å². The number of carbonyl (C=O) groups excluding carboxylic acids is 2. The summed E-state index contributed by atoms with van der Waals surface area (Å²) >= 11 is 0. The molecule has 0 fully saturated rings. The molecule has 0 aliphatic rings. The molecule has 1 atom stereocenters. The molecule has 0 spiro atoms. The summed E-state index contributed by atoms with van der Waals surface area (Å²) in [6.45, 7) is 4.84. The van der Waals surface area contributed by atoms with Crippen LogP contribution in [0.4, 0.5) is 0 Å². The molecule has 0 aromatic carbocycles. The fraction of sp³-hybridized carbons (Fsp3) is 0.800. The van der Waals surface area contributed by atoms with Crippen molar-refractivity contribution < 1.29 is 24.0 Å². The number of methoxy groups -OCH3 is 1. The number of hydrogen-bond acceptors (Lipinski definition) is 6. The Morgan fingerprint density at radius 3 is 2.24 bits per heavy atom. The van der Waals surface area contributed by atoms with E-state index in [1.54, 1.807) is 20.8 Å². The first-order valence-corrected chi connectivity index (χ1v) is 5.10. The largest absolute Gasteiger partial charge is 0.469 e. The van der Waals surface area contributed by atoms with Gasteiger partial charge >= 0.3 is 18.0 Å². The van der Waals surface area contributed by atoms with Gasteiger partial charge in [0.25, 0.3) is 0 Å². The lowest BCUT2D eigenvalue weighted by Gasteiger charge is -2.20. The zero-order valence-corrected chi connectivity index (χ0v) is 10.4. The summed E-state index contributed by atoms with van der Waals surface area (Å²) < 4.78 is 9.24. The highest BCUT2D eigenvalue weighted by Crippen LogP contribution is 2.12. The van der Waals surface area contributed by atoms with Crippen LogP contribution in [-0.4, -0.2) is 35.6 Å². The quantitative estimate of drug-likeness (QED) is 0.407. The van der Waals surface area contributed by atoms with E-state index in [4.69, 9.17) is 4.74 Å². The summed E-state index contributed by atoms with van der Waals surface area (Å²) in [6.07, 6.45) is -0.421. The van der Waals surface area contributed by atoms with E-state index in [-0.39, 0.29) is 12.8 Å². The topological polar surface area (TPSA) is 95.7 Å². The minimum absolute atomic E-state index is 0.193. The summed E-state index contributed by atoms with van der Waals surface area (Å²) in [5.74, 6) is -1.54. The molecule has 98 valence electrons. The van der Waals surface area contributed by atoms with E-state index in [1.165, 1.54) is 7.11 Å². The van der Waals surface area contributed by atoms with E-state index < -0.39 is 28.5 Å². The van der Waals surface area contributed by atoms with Gasteiger partial charge in [-0.1, -0.05) is 0 Å². The molecule has 7 heteroatoms. The van der Waals surface area contributed by atoms with Crippen molar-refractivity contribution in [1.29, 1.82) is 0 Å². The molecule has 0 aliphatic heterocycles. The van der Waals surface area contributed by atoms with Gasteiger partial charge in [0.05, 0.1) is 13.5 Å². The molecule has 1 unspecified atom stereocenters. The highest BCUT2D eigenvalue weighted by molar-refractivity contribution is 5.76. The van der Waals surface area contributed by atoms with E-state index in [1.807, 2.05) is 0 Å². The van der Waals surface area contributed by atoms with Crippen molar-refractivity contribution >= 4 is 11.9 Å². The molecule has 0 saturated carbocycles. The van der Waals surface area contributed by atoms with Crippen molar-refractivity contribution in [1.82, 2.24) is 0 Å². The first-order valence-electron chi connectivity index (χ1n) is 5.10. The molecular weight excluding hydrogens is 230 g/mol. The van der Waals surface area contributed by atoms with Gasteiger partial charge in [-0.25, -0.2) is 4.79 Å². The maximum Gasteiger partial charge on any atom is 0.382 e. The second-order valence-electron chi connectivity index (χ2n) is 4.45. The maximum atomic E-state index is 11.5. The standard InChI is InChI=1S/C10H17NO6/c1-10(2,3)17-9(13)7(11(14)15)5-6-8(12)16-4/h7H,5-6H2,1-4H3. The third-order valence-electron chi connectivity index (χ3n) is 1.78. The molecule has 0 aromatic heterocycles. The van der Waals surface area contributed by atoms with E-state index in [0.717, 1.165) is 0 Å². The van der Waals surface area contributed by atoms with Crippen LogP contribution in [0.15, 0.2) is 0 Å². The van der Waals surface area contributed by atoms with Gasteiger partial charge in [0.15, 0.2) is 0 Å². The van der Waals surface area contributed by atoms with E-state index >= 15 is 0 Å². The lowest BCUT2D eigenvalue weighted by molar-refractivity contribution is -0.511. The Bertz CT molecular complexity index is 306. The number of esters is 2. The molecule has 0 amide bonds. The summed E-state index contributed by atoms with van der Waals surface area (Å²) in [6, 6.07) is -1.53. The molecule has 0 aliphatic carbocycles. The van der Waals surface area contributed by atoms with Crippen LogP contribution >= 0.6 is 0 Å². The number of rotatable bonds is 5. The number of nitrogens with zero attached hydrogens (tertiary/aromatic N) is 1. The highest BCUT2D eigenvalue weighted by Gasteiger charge is 2.34. The van der Waals surface area contributed by atoms with Crippen LogP contribution in [0.3, 0.4) is 0 Å². The number of nitro groups is 1. The van der Waals surface area contributed by atoms with E-state index in [9.17, 15) is 19.7 Å². The summed E-state index contributed by atoms with van der Waals surface area (Å²) in [4.78, 5) is 32.3. The summed E-state index contributed by atoms with van der Waals surface area (Å²) in [5, 5.41) is 10.7. The summed E-state index contributed by atoms with van der Waals surface area (Å²) in [5.41, 5.74) is -0.795. The van der Waals surface area contributed by atoms with E-state index in [2.05, 4.69) is 4.74 Å². The lowest BCUT2D eigenvalue weighted by Crippen LogP contribution is -2.37. The Morgan fingerprint density at radius 2 is 1.88 bits per heavy atom. The molecule has 0 N–H and O–H groups in total. The lowest BCUT2D eigenvalue weighted by atomic mass is 10.1. The average Bonchev–Trinajstić information content (AvgIpc) is 2.14. The summed E-state index contributed by atoms with van der Waals surface area (Å²) in [7, 11) is 1.18. The molecule has 0 rings (SSSR count). The van der Waals surface area contributed by atoms with Crippen LogP contribution in [-0.2, 0) is 19.1 Å². The smallest absolute Gasteiger partial charge is 0.382 e. The zero-order chi connectivity index (χ0) is 13.6. The van der Waals surface area contributed by atoms with Crippen LogP contribution in [0, 0.1) is 10.1 Å². The Kier molecular flexibility index (Phi) is 5.57. The van der Waals surface area contributed by atoms with Crippen molar-refractivity contribution in [2.45, 2.75) is 45.3 Å². The molecule has 17 heavy (non-hydrogen) atoms. The predicted octanol–water partition coefficient (Wildman–Crippen LogP) is 0.927. The Labute approximate surface area is 99.2 Å². The van der Waals surface area contributed by atoms with Gasteiger partial charge in [0, 0.05) is 11.3 Å². The van der Waals surface area contributed by atoms with Crippen LogP contribution in [0.2, 0.25) is 0 Å². The van der Waals surface area contributed by atoms with Crippen molar-refractivity contribution in [2.75, 3.05) is 7.11 Å². The Hall–Kier alpha value is -1.66. The Morgan fingerprint density at radius 1 is 1.35 bits per heavy atom. The van der Waals surface area contributed by atoms with Crippen molar-refractivity contribution in [2.24, 2.45) is 0 Å².